The van der Waals surface area contributed by atoms with Gasteiger partial charge in [0.25, 0.3) is 5.91 Å². The number of nitrogens with zero attached hydrogens (tertiary/aromatic N) is 1. The number of esters is 1. The molecule has 4 aromatic carbocycles. The lowest BCUT2D eigenvalue weighted by atomic mass is 10.0. The first-order chi connectivity index (χ1) is 17.5. The number of carbonyl (C=O) groups excluding carboxylic acids is 2. The molecule has 0 spiro atoms. The molecular weight excluding hydrogens is 503 g/mol. The van der Waals surface area contributed by atoms with Gasteiger partial charge in [0.1, 0.15) is 5.75 Å². The van der Waals surface area contributed by atoms with Gasteiger partial charge in [0, 0.05) is 10.6 Å². The second-order valence-electron chi connectivity index (χ2n) is 7.44. The number of para-hydroxylation sites is 2. The topological polar surface area (TPSA) is 86.2 Å². The van der Waals surface area contributed by atoms with Crippen LogP contribution in [0.25, 0.3) is 10.8 Å². The summed E-state index contributed by atoms with van der Waals surface area (Å²) < 4.78 is 16.4. The summed E-state index contributed by atoms with van der Waals surface area (Å²) in [5, 5.41) is 6.29. The number of ether oxygens (including phenoxy) is 3. The molecule has 0 bridgehead atoms. The summed E-state index contributed by atoms with van der Waals surface area (Å²) in [5.41, 5.74) is 3.08. The lowest BCUT2D eigenvalue weighted by Crippen LogP contribution is -2.24. The maximum absolute atomic E-state index is 12.8. The summed E-state index contributed by atoms with van der Waals surface area (Å²) in [6.07, 6.45) is 1.41. The van der Waals surface area contributed by atoms with Crippen molar-refractivity contribution in [3.05, 3.63) is 100 Å². The standard InChI is InChI=1S/C27H20Cl2N2O5/c1-34-24-8-4-5-9-25(24)35-16-26(32)31-30-15-21-19-7-3-2-6-17(19)10-13-23(21)36-27(33)20-12-11-18(28)14-22(20)29/h2-15H,16H2,1H3,(H,31,32)/b30-15+. The summed E-state index contributed by atoms with van der Waals surface area (Å²) in [7, 11) is 1.52. The Labute approximate surface area is 217 Å². The van der Waals surface area contributed by atoms with Gasteiger partial charge in [0.05, 0.1) is 23.9 Å². The van der Waals surface area contributed by atoms with Gasteiger partial charge in [-0.25, -0.2) is 10.2 Å². The van der Waals surface area contributed by atoms with Crippen LogP contribution in [0.3, 0.4) is 0 Å². The SMILES string of the molecule is COc1ccccc1OCC(=O)N/N=C/c1c(OC(=O)c2ccc(Cl)cc2Cl)ccc2ccccc12. The van der Waals surface area contributed by atoms with E-state index in [0.717, 1.165) is 10.8 Å². The van der Waals surface area contributed by atoms with Gasteiger partial charge in [0.2, 0.25) is 0 Å². The maximum Gasteiger partial charge on any atom is 0.345 e. The molecule has 0 heterocycles. The highest BCUT2D eigenvalue weighted by atomic mass is 35.5. The molecule has 0 unspecified atom stereocenters. The Morgan fingerprint density at radius 1 is 0.917 bits per heavy atom. The van der Waals surface area contributed by atoms with Crippen LogP contribution in [0, 0.1) is 0 Å². The van der Waals surface area contributed by atoms with Crippen molar-refractivity contribution in [2.24, 2.45) is 5.10 Å². The molecule has 36 heavy (non-hydrogen) atoms. The normalized spacial score (nSPS) is 10.9. The van der Waals surface area contributed by atoms with E-state index in [1.807, 2.05) is 30.3 Å². The molecule has 1 amide bonds. The average Bonchev–Trinajstić information content (AvgIpc) is 2.88. The van der Waals surface area contributed by atoms with Crippen LogP contribution >= 0.6 is 23.2 Å². The Morgan fingerprint density at radius 2 is 1.67 bits per heavy atom. The zero-order chi connectivity index (χ0) is 25.5. The average molecular weight is 523 g/mol. The molecule has 1 N–H and O–H groups in total. The second kappa shape index (κ2) is 11.6. The Morgan fingerprint density at radius 3 is 2.44 bits per heavy atom. The highest BCUT2D eigenvalue weighted by Crippen LogP contribution is 2.29. The molecule has 0 aliphatic carbocycles. The summed E-state index contributed by atoms with van der Waals surface area (Å²) in [4.78, 5) is 25.1. The minimum atomic E-state index is -0.657. The molecule has 0 atom stereocenters. The van der Waals surface area contributed by atoms with Crippen LogP contribution in [0.5, 0.6) is 17.2 Å². The number of hydrazone groups is 1. The Hall–Kier alpha value is -4.07. The van der Waals surface area contributed by atoms with Crippen LogP contribution in [-0.4, -0.2) is 31.8 Å². The molecule has 0 saturated carbocycles. The van der Waals surface area contributed by atoms with E-state index < -0.39 is 11.9 Å². The van der Waals surface area contributed by atoms with Crippen molar-refractivity contribution >= 4 is 52.1 Å². The smallest absolute Gasteiger partial charge is 0.345 e. The lowest BCUT2D eigenvalue weighted by molar-refractivity contribution is -0.123. The van der Waals surface area contributed by atoms with E-state index in [2.05, 4.69) is 10.5 Å². The van der Waals surface area contributed by atoms with Crippen molar-refractivity contribution in [3.8, 4) is 17.2 Å². The third-order valence-corrected chi connectivity index (χ3v) is 5.64. The summed E-state index contributed by atoms with van der Waals surface area (Å²) in [6.45, 7) is -0.274. The molecular formula is C27H20Cl2N2O5. The summed E-state index contributed by atoms with van der Waals surface area (Å²) in [6, 6.07) is 22.5. The number of benzene rings is 4. The van der Waals surface area contributed by atoms with Crippen molar-refractivity contribution in [2.75, 3.05) is 13.7 Å². The predicted molar refractivity (Wildman–Crippen MR) is 140 cm³/mol. The Bertz CT molecular complexity index is 1460. The molecule has 4 aromatic rings. The molecule has 7 nitrogen and oxygen atoms in total. The highest BCUT2D eigenvalue weighted by molar-refractivity contribution is 6.36. The molecule has 0 fully saturated rings. The number of rotatable bonds is 8. The number of hydrogen-bond acceptors (Lipinski definition) is 6. The van der Waals surface area contributed by atoms with Crippen LogP contribution in [0.4, 0.5) is 0 Å². The molecule has 4 rings (SSSR count). The number of amides is 1. The summed E-state index contributed by atoms with van der Waals surface area (Å²) in [5.74, 6) is 0.0489. The third kappa shape index (κ3) is 5.94. The number of hydrogen-bond donors (Lipinski definition) is 1. The van der Waals surface area contributed by atoms with Gasteiger partial charge in [-0.05, 0) is 47.2 Å². The van der Waals surface area contributed by atoms with Gasteiger partial charge in [0.15, 0.2) is 18.1 Å². The van der Waals surface area contributed by atoms with Crippen molar-refractivity contribution < 1.29 is 23.8 Å². The maximum atomic E-state index is 12.8. The second-order valence-corrected chi connectivity index (χ2v) is 8.29. The van der Waals surface area contributed by atoms with Crippen LogP contribution < -0.4 is 19.6 Å². The van der Waals surface area contributed by atoms with E-state index in [4.69, 9.17) is 37.4 Å². The van der Waals surface area contributed by atoms with Gasteiger partial charge in [-0.1, -0.05) is 65.7 Å². The highest BCUT2D eigenvalue weighted by Gasteiger charge is 2.16. The quantitative estimate of drug-likeness (QED) is 0.135. The van der Waals surface area contributed by atoms with E-state index >= 15 is 0 Å². The number of fused-ring (bicyclic) bond motifs is 1. The molecule has 0 radical (unpaired) electrons. The van der Waals surface area contributed by atoms with Crippen LogP contribution in [0.1, 0.15) is 15.9 Å². The molecule has 182 valence electrons. The van der Waals surface area contributed by atoms with Crippen molar-refractivity contribution in [2.45, 2.75) is 0 Å². The van der Waals surface area contributed by atoms with Crippen LogP contribution in [0.15, 0.2) is 84.0 Å². The minimum Gasteiger partial charge on any atom is -0.493 e. The molecule has 9 heteroatoms. The fourth-order valence-electron chi connectivity index (χ4n) is 3.39. The van der Waals surface area contributed by atoms with E-state index in [-0.39, 0.29) is 22.9 Å². The van der Waals surface area contributed by atoms with E-state index in [1.165, 1.54) is 25.5 Å². The largest absolute Gasteiger partial charge is 0.493 e. The van der Waals surface area contributed by atoms with Crippen molar-refractivity contribution in [1.29, 1.82) is 0 Å². The van der Waals surface area contributed by atoms with Gasteiger partial charge in [-0.3, -0.25) is 4.79 Å². The molecule has 0 aliphatic rings. The first kappa shape index (κ1) is 25.0. The van der Waals surface area contributed by atoms with Gasteiger partial charge < -0.3 is 14.2 Å². The van der Waals surface area contributed by atoms with Gasteiger partial charge in [-0.2, -0.15) is 5.10 Å². The first-order valence-corrected chi connectivity index (χ1v) is 11.5. The predicted octanol–water partition coefficient (Wildman–Crippen LogP) is 5.90. The van der Waals surface area contributed by atoms with Crippen molar-refractivity contribution in [1.82, 2.24) is 5.43 Å². The number of methoxy groups -OCH3 is 1. The zero-order valence-corrected chi connectivity index (χ0v) is 20.5. The van der Waals surface area contributed by atoms with E-state index in [9.17, 15) is 9.59 Å². The van der Waals surface area contributed by atoms with Crippen LogP contribution in [-0.2, 0) is 4.79 Å². The monoisotopic (exact) mass is 522 g/mol. The minimum absolute atomic E-state index is 0.166. The number of nitrogens with one attached hydrogen (secondary N) is 1. The number of halogens is 2. The Kier molecular flexibility index (Phi) is 8.05. The van der Waals surface area contributed by atoms with E-state index in [0.29, 0.717) is 22.1 Å². The molecule has 0 aliphatic heterocycles. The Balaban J connectivity index is 1.52. The molecule has 0 saturated heterocycles. The fourth-order valence-corrected chi connectivity index (χ4v) is 3.88. The van der Waals surface area contributed by atoms with E-state index in [1.54, 1.807) is 36.4 Å². The zero-order valence-electron chi connectivity index (χ0n) is 19.0. The van der Waals surface area contributed by atoms with Gasteiger partial charge >= 0.3 is 5.97 Å². The van der Waals surface area contributed by atoms with Crippen LogP contribution in [0.2, 0.25) is 10.0 Å². The first-order valence-electron chi connectivity index (χ1n) is 10.7. The number of carbonyl (C=O) groups is 2. The van der Waals surface area contributed by atoms with Crippen molar-refractivity contribution in [3.63, 3.8) is 0 Å². The fraction of sp³-hybridized carbons (Fsp3) is 0.0741. The summed E-state index contributed by atoms with van der Waals surface area (Å²) >= 11 is 12.1. The molecule has 0 aromatic heterocycles. The lowest BCUT2D eigenvalue weighted by Gasteiger charge is -2.11. The van der Waals surface area contributed by atoms with Gasteiger partial charge in [-0.15, -0.1) is 0 Å². The third-order valence-electron chi connectivity index (χ3n) is 5.10.